The van der Waals surface area contributed by atoms with Crippen LogP contribution in [0.25, 0.3) is 11.8 Å². The Labute approximate surface area is 185 Å². The zero-order valence-electron chi connectivity index (χ0n) is 17.7. The third-order valence-corrected chi connectivity index (χ3v) is 5.55. The van der Waals surface area contributed by atoms with Gasteiger partial charge >= 0.3 is 0 Å². The van der Waals surface area contributed by atoms with E-state index < -0.39 is 12.1 Å². The number of aryl methyl sites for hydroxylation is 1. The van der Waals surface area contributed by atoms with Gasteiger partial charge in [0.2, 0.25) is 0 Å². The molecule has 0 fully saturated rings. The predicted molar refractivity (Wildman–Crippen MR) is 122 cm³/mol. The number of hydrogen-bond donors (Lipinski definition) is 1. The van der Waals surface area contributed by atoms with Crippen LogP contribution in [-0.2, 0) is 0 Å². The van der Waals surface area contributed by atoms with Crippen LogP contribution >= 0.6 is 0 Å². The molecule has 1 aliphatic heterocycles. The number of allylic oxidation sites excluding steroid dienone is 1. The minimum absolute atomic E-state index is 0.282. The number of rotatable bonds is 4. The topological polar surface area (TPSA) is 94.1 Å². The molecule has 32 heavy (non-hydrogen) atoms. The summed E-state index contributed by atoms with van der Waals surface area (Å²) in [7, 11) is 0. The summed E-state index contributed by atoms with van der Waals surface area (Å²) in [5.74, 6) is -1.05. The Balaban J connectivity index is 1.76. The highest BCUT2D eigenvalue weighted by atomic mass is 19.1. The van der Waals surface area contributed by atoms with E-state index in [1.54, 1.807) is 23.2 Å². The van der Waals surface area contributed by atoms with E-state index in [2.05, 4.69) is 17.2 Å². The average molecular weight is 424 g/mol. The summed E-state index contributed by atoms with van der Waals surface area (Å²) in [6.07, 6.45) is 1.04. The SMILES string of the molecule is Cc1cc(/C=C(/C#N)C2=NN(c3ccccc3)[C@@H](N)[C@H]2C#N)c(C)n1-c1ccc(F)cc1. The van der Waals surface area contributed by atoms with Crippen molar-refractivity contribution < 1.29 is 4.39 Å². The van der Waals surface area contributed by atoms with Gasteiger partial charge in [-0.3, -0.25) is 0 Å². The Bertz CT molecular complexity index is 1290. The smallest absolute Gasteiger partial charge is 0.127 e. The summed E-state index contributed by atoms with van der Waals surface area (Å²) in [5.41, 5.74) is 11.1. The molecule has 2 aromatic carbocycles. The third kappa shape index (κ3) is 3.66. The van der Waals surface area contributed by atoms with E-state index >= 15 is 0 Å². The van der Waals surface area contributed by atoms with Crippen LogP contribution in [0.3, 0.4) is 0 Å². The minimum atomic E-state index is -0.748. The first-order chi connectivity index (χ1) is 15.4. The lowest BCUT2D eigenvalue weighted by atomic mass is 9.95. The number of hydrazone groups is 1. The van der Waals surface area contributed by atoms with Gasteiger partial charge in [0.1, 0.15) is 24.0 Å². The molecule has 0 amide bonds. The Morgan fingerprint density at radius 2 is 1.75 bits per heavy atom. The first kappa shape index (κ1) is 21.0. The maximum atomic E-state index is 13.3. The fourth-order valence-corrected chi connectivity index (χ4v) is 3.96. The van der Waals surface area contributed by atoms with E-state index in [1.807, 2.05) is 54.8 Å². The number of anilines is 1. The van der Waals surface area contributed by atoms with Crippen molar-refractivity contribution >= 4 is 17.5 Å². The van der Waals surface area contributed by atoms with Gasteiger partial charge in [-0.25, -0.2) is 9.40 Å². The van der Waals surface area contributed by atoms with Gasteiger partial charge in [-0.2, -0.15) is 15.6 Å². The molecule has 0 radical (unpaired) electrons. The van der Waals surface area contributed by atoms with Crippen molar-refractivity contribution in [3.63, 3.8) is 0 Å². The Morgan fingerprint density at radius 3 is 2.38 bits per heavy atom. The predicted octanol–water partition coefficient (Wildman–Crippen LogP) is 4.44. The molecule has 6 nitrogen and oxygen atoms in total. The molecule has 0 saturated carbocycles. The lowest BCUT2D eigenvalue weighted by Crippen LogP contribution is -2.40. The van der Waals surface area contributed by atoms with Gasteiger partial charge in [-0.05, 0) is 68.0 Å². The number of halogens is 1. The monoisotopic (exact) mass is 424 g/mol. The van der Waals surface area contributed by atoms with Gasteiger partial charge in [0.05, 0.1) is 23.0 Å². The largest absolute Gasteiger partial charge is 0.318 e. The van der Waals surface area contributed by atoms with Gasteiger partial charge in [0.25, 0.3) is 0 Å². The van der Waals surface area contributed by atoms with E-state index in [1.165, 1.54) is 12.1 Å². The van der Waals surface area contributed by atoms with E-state index in [-0.39, 0.29) is 11.4 Å². The average Bonchev–Trinajstić information content (AvgIpc) is 3.28. The molecule has 0 saturated heterocycles. The molecule has 1 aliphatic rings. The fraction of sp³-hybridized carbons (Fsp3) is 0.160. The van der Waals surface area contributed by atoms with Gasteiger partial charge in [0.15, 0.2) is 0 Å². The number of nitrogens with zero attached hydrogens (tertiary/aromatic N) is 5. The fourth-order valence-electron chi connectivity index (χ4n) is 3.96. The summed E-state index contributed by atoms with van der Waals surface area (Å²) >= 11 is 0. The van der Waals surface area contributed by atoms with Gasteiger partial charge in [-0.1, -0.05) is 18.2 Å². The third-order valence-electron chi connectivity index (χ3n) is 5.55. The number of benzene rings is 2. The van der Waals surface area contributed by atoms with Crippen molar-refractivity contribution in [1.82, 2.24) is 4.57 Å². The van der Waals surface area contributed by atoms with Crippen LogP contribution in [0.5, 0.6) is 0 Å². The van der Waals surface area contributed by atoms with Crippen LogP contribution in [0.2, 0.25) is 0 Å². The molecule has 1 aromatic heterocycles. The molecule has 158 valence electrons. The quantitative estimate of drug-likeness (QED) is 0.627. The number of hydrogen-bond acceptors (Lipinski definition) is 5. The second-order valence-corrected chi connectivity index (χ2v) is 7.57. The minimum Gasteiger partial charge on any atom is -0.318 e. The van der Waals surface area contributed by atoms with Gasteiger partial charge < -0.3 is 10.3 Å². The van der Waals surface area contributed by atoms with Gasteiger partial charge in [-0.15, -0.1) is 0 Å². The number of nitriles is 2. The number of aromatic nitrogens is 1. The molecule has 0 spiro atoms. The van der Waals surface area contributed by atoms with Crippen LogP contribution in [0.15, 0.2) is 71.3 Å². The summed E-state index contributed by atoms with van der Waals surface area (Å²) in [6, 6.07) is 21.9. The van der Waals surface area contributed by atoms with Crippen LogP contribution in [0.4, 0.5) is 10.1 Å². The molecule has 2 heterocycles. The van der Waals surface area contributed by atoms with Crippen molar-refractivity contribution in [1.29, 1.82) is 10.5 Å². The zero-order valence-corrected chi connectivity index (χ0v) is 17.7. The molecular formula is C25H21FN6. The molecule has 0 bridgehead atoms. The lowest BCUT2D eigenvalue weighted by molar-refractivity contribution is 0.624. The highest BCUT2D eigenvalue weighted by Gasteiger charge is 2.37. The van der Waals surface area contributed by atoms with Crippen molar-refractivity contribution in [2.45, 2.75) is 20.0 Å². The van der Waals surface area contributed by atoms with Crippen molar-refractivity contribution in [2.75, 3.05) is 5.01 Å². The Kier molecular flexibility index (Phi) is 5.59. The summed E-state index contributed by atoms with van der Waals surface area (Å²) < 4.78 is 15.3. The normalized spacial score (nSPS) is 18.2. The molecule has 2 N–H and O–H groups in total. The van der Waals surface area contributed by atoms with E-state index in [0.717, 1.165) is 28.3 Å². The summed E-state index contributed by atoms with van der Waals surface area (Å²) in [4.78, 5) is 0. The molecule has 0 unspecified atom stereocenters. The molecule has 0 aliphatic carbocycles. The van der Waals surface area contributed by atoms with Crippen LogP contribution in [0, 0.1) is 48.2 Å². The maximum Gasteiger partial charge on any atom is 0.127 e. The van der Waals surface area contributed by atoms with Crippen molar-refractivity contribution in [3.05, 3.63) is 89.0 Å². The second-order valence-electron chi connectivity index (χ2n) is 7.57. The Morgan fingerprint density at radius 1 is 1.06 bits per heavy atom. The zero-order chi connectivity index (χ0) is 22.8. The first-order valence-corrected chi connectivity index (χ1v) is 10.1. The van der Waals surface area contributed by atoms with E-state index in [0.29, 0.717) is 5.71 Å². The molecule has 2 atom stereocenters. The summed E-state index contributed by atoms with van der Waals surface area (Å²) in [6.45, 7) is 3.87. The molecule has 4 rings (SSSR count). The van der Waals surface area contributed by atoms with Crippen molar-refractivity contribution in [2.24, 2.45) is 16.8 Å². The van der Waals surface area contributed by atoms with Crippen LogP contribution in [0.1, 0.15) is 17.0 Å². The second kappa shape index (κ2) is 8.50. The van der Waals surface area contributed by atoms with Crippen molar-refractivity contribution in [3.8, 4) is 17.8 Å². The van der Waals surface area contributed by atoms with E-state index in [9.17, 15) is 14.9 Å². The summed E-state index contributed by atoms with van der Waals surface area (Å²) in [5, 5.41) is 25.8. The molecule has 7 heteroatoms. The number of nitrogens with two attached hydrogens (primary N) is 1. The maximum absolute atomic E-state index is 13.3. The lowest BCUT2D eigenvalue weighted by Gasteiger charge is -2.21. The highest BCUT2D eigenvalue weighted by Crippen LogP contribution is 2.30. The molecule has 3 aromatic rings. The number of para-hydroxylation sites is 1. The highest BCUT2D eigenvalue weighted by molar-refractivity contribution is 6.11. The van der Waals surface area contributed by atoms with Gasteiger partial charge in [0, 0.05) is 17.1 Å². The van der Waals surface area contributed by atoms with E-state index in [4.69, 9.17) is 5.73 Å². The molecular weight excluding hydrogens is 403 g/mol. The van der Waals surface area contributed by atoms with Crippen LogP contribution in [-0.4, -0.2) is 16.4 Å². The standard InChI is InChI=1S/C25H21FN6/c1-16-12-18(17(2)31(16)21-10-8-20(26)9-11-21)13-19(14-27)24-23(15-28)25(29)32(30-24)22-6-4-3-5-7-22/h3-13,23,25H,29H2,1-2H3/b19-13-/t23-,25+/m0/s1. The Hall–Kier alpha value is -4.20. The first-order valence-electron chi connectivity index (χ1n) is 10.1. The van der Waals surface area contributed by atoms with Crippen LogP contribution < -0.4 is 10.7 Å².